The van der Waals surface area contributed by atoms with E-state index in [0.29, 0.717) is 36.0 Å². The standard InChI is InChI=1S/C26H40IN7O/c1-3-21(22-11-8-15-28-22)31-26-33-24(29-16-14-18-12-13-23(35-2)20(27)17-18)32-25(34-26)30-19-9-6-4-5-7-10-19/h12-13,17,19,21-22,28H,3-11,14-16H2,1-2H3,(H3,29,30,31,32,33,34). The second kappa shape index (κ2) is 13.4. The molecule has 1 saturated carbocycles. The molecular formula is C26H40IN7O. The third-order valence-corrected chi connectivity index (χ3v) is 7.92. The number of halogens is 1. The molecule has 4 N–H and O–H groups in total. The quantitative estimate of drug-likeness (QED) is 0.208. The number of nitrogens with zero attached hydrogens (tertiary/aromatic N) is 3. The Bertz CT molecular complexity index is 930. The van der Waals surface area contributed by atoms with E-state index in [2.05, 4.69) is 62.9 Å². The van der Waals surface area contributed by atoms with Gasteiger partial charge in [-0.1, -0.05) is 38.7 Å². The van der Waals surface area contributed by atoms with Crippen LogP contribution in [0.3, 0.4) is 0 Å². The fraction of sp³-hybridized carbons (Fsp3) is 0.654. The lowest BCUT2D eigenvalue weighted by Gasteiger charge is -2.24. The lowest BCUT2D eigenvalue weighted by Crippen LogP contribution is -2.40. The van der Waals surface area contributed by atoms with Crippen LogP contribution in [0.2, 0.25) is 0 Å². The summed E-state index contributed by atoms with van der Waals surface area (Å²) >= 11 is 2.32. The highest BCUT2D eigenvalue weighted by atomic mass is 127. The van der Waals surface area contributed by atoms with Gasteiger partial charge in [-0.25, -0.2) is 0 Å². The van der Waals surface area contributed by atoms with Crippen LogP contribution in [0, 0.1) is 3.57 Å². The molecule has 8 nitrogen and oxygen atoms in total. The summed E-state index contributed by atoms with van der Waals surface area (Å²) in [6.07, 6.45) is 11.9. The average molecular weight is 594 g/mol. The van der Waals surface area contributed by atoms with Gasteiger partial charge in [0.1, 0.15) is 5.75 Å². The number of rotatable bonds is 11. The molecule has 4 rings (SSSR count). The first-order valence-corrected chi connectivity index (χ1v) is 14.3. The van der Waals surface area contributed by atoms with Gasteiger partial charge < -0.3 is 26.0 Å². The number of nitrogens with one attached hydrogen (secondary N) is 4. The minimum Gasteiger partial charge on any atom is -0.496 e. The molecular weight excluding hydrogens is 553 g/mol. The maximum absolute atomic E-state index is 5.38. The van der Waals surface area contributed by atoms with Gasteiger partial charge in [0.25, 0.3) is 0 Å². The van der Waals surface area contributed by atoms with E-state index in [1.165, 1.54) is 56.9 Å². The van der Waals surface area contributed by atoms with Gasteiger partial charge in [0, 0.05) is 24.7 Å². The van der Waals surface area contributed by atoms with Crippen molar-refractivity contribution in [3.63, 3.8) is 0 Å². The lowest BCUT2D eigenvalue weighted by molar-refractivity contribution is 0.411. The zero-order valence-electron chi connectivity index (χ0n) is 21.1. The molecule has 192 valence electrons. The molecule has 9 heteroatoms. The molecule has 0 amide bonds. The second-order valence-electron chi connectivity index (χ2n) is 9.65. The number of aromatic nitrogens is 3. The fourth-order valence-electron chi connectivity index (χ4n) is 5.08. The van der Waals surface area contributed by atoms with Gasteiger partial charge in [-0.05, 0) is 85.4 Å². The number of hydrogen-bond acceptors (Lipinski definition) is 8. The van der Waals surface area contributed by atoms with E-state index in [-0.39, 0.29) is 0 Å². The number of methoxy groups -OCH3 is 1. The highest BCUT2D eigenvalue weighted by Gasteiger charge is 2.24. The van der Waals surface area contributed by atoms with Gasteiger partial charge in [0.15, 0.2) is 0 Å². The van der Waals surface area contributed by atoms with Crippen molar-refractivity contribution in [2.45, 2.75) is 89.3 Å². The predicted molar refractivity (Wildman–Crippen MR) is 152 cm³/mol. The molecule has 0 spiro atoms. The molecule has 1 aromatic carbocycles. The van der Waals surface area contributed by atoms with Crippen LogP contribution in [-0.2, 0) is 6.42 Å². The van der Waals surface area contributed by atoms with Crippen molar-refractivity contribution in [3.05, 3.63) is 27.3 Å². The maximum Gasteiger partial charge on any atom is 0.229 e. The van der Waals surface area contributed by atoms with Crippen LogP contribution in [-0.4, -0.2) is 53.3 Å². The Labute approximate surface area is 223 Å². The van der Waals surface area contributed by atoms with Crippen molar-refractivity contribution in [2.24, 2.45) is 0 Å². The lowest BCUT2D eigenvalue weighted by atomic mass is 10.0. The van der Waals surface area contributed by atoms with Gasteiger partial charge in [0.05, 0.1) is 10.7 Å². The summed E-state index contributed by atoms with van der Waals surface area (Å²) in [7, 11) is 1.71. The van der Waals surface area contributed by atoms with Crippen LogP contribution < -0.4 is 26.0 Å². The average Bonchev–Trinajstić information content (AvgIpc) is 3.27. The molecule has 0 bridgehead atoms. The van der Waals surface area contributed by atoms with Crippen LogP contribution in [0.4, 0.5) is 17.8 Å². The van der Waals surface area contributed by atoms with Gasteiger partial charge in [0.2, 0.25) is 17.8 Å². The second-order valence-corrected chi connectivity index (χ2v) is 10.8. The Balaban J connectivity index is 1.45. The monoisotopic (exact) mass is 593 g/mol. The molecule has 1 aromatic heterocycles. The summed E-state index contributed by atoms with van der Waals surface area (Å²) in [6.45, 7) is 4.06. The minimum atomic E-state index is 0.305. The predicted octanol–water partition coefficient (Wildman–Crippen LogP) is 5.22. The zero-order chi connectivity index (χ0) is 24.5. The summed E-state index contributed by atoms with van der Waals surface area (Å²) in [5.74, 6) is 2.85. The van der Waals surface area contributed by atoms with E-state index < -0.39 is 0 Å². The molecule has 2 heterocycles. The third-order valence-electron chi connectivity index (χ3n) is 7.08. The molecule has 1 aliphatic carbocycles. The number of ether oxygens (including phenoxy) is 1. The molecule has 2 fully saturated rings. The van der Waals surface area contributed by atoms with E-state index in [1.807, 2.05) is 6.07 Å². The molecule has 2 unspecified atom stereocenters. The molecule has 2 atom stereocenters. The van der Waals surface area contributed by atoms with Gasteiger partial charge in [-0.15, -0.1) is 0 Å². The Morgan fingerprint density at radius 3 is 2.49 bits per heavy atom. The van der Waals surface area contributed by atoms with Crippen LogP contribution >= 0.6 is 22.6 Å². The summed E-state index contributed by atoms with van der Waals surface area (Å²) in [6, 6.07) is 7.51. The molecule has 1 saturated heterocycles. The Morgan fingerprint density at radius 2 is 1.80 bits per heavy atom. The smallest absolute Gasteiger partial charge is 0.229 e. The fourth-order valence-corrected chi connectivity index (χ4v) is 5.88. The first-order chi connectivity index (χ1) is 17.1. The minimum absolute atomic E-state index is 0.305. The van der Waals surface area contributed by atoms with E-state index in [4.69, 9.17) is 19.7 Å². The molecule has 2 aromatic rings. The summed E-state index contributed by atoms with van der Waals surface area (Å²) in [4.78, 5) is 14.3. The molecule has 1 aliphatic heterocycles. The van der Waals surface area contributed by atoms with Gasteiger partial charge in [-0.3, -0.25) is 0 Å². The summed E-state index contributed by atoms with van der Waals surface area (Å²) in [5.41, 5.74) is 1.25. The Hall–Kier alpha value is -1.88. The first kappa shape index (κ1) is 26.2. The first-order valence-electron chi connectivity index (χ1n) is 13.2. The number of benzene rings is 1. The van der Waals surface area contributed by atoms with Crippen LogP contribution in [0.1, 0.15) is 70.3 Å². The highest BCUT2D eigenvalue weighted by molar-refractivity contribution is 14.1. The largest absolute Gasteiger partial charge is 0.496 e. The number of hydrogen-bond donors (Lipinski definition) is 4. The van der Waals surface area contributed by atoms with Crippen molar-refractivity contribution in [3.8, 4) is 5.75 Å². The van der Waals surface area contributed by atoms with Crippen LogP contribution in [0.15, 0.2) is 18.2 Å². The molecule has 35 heavy (non-hydrogen) atoms. The van der Waals surface area contributed by atoms with Crippen molar-refractivity contribution in [1.82, 2.24) is 20.3 Å². The van der Waals surface area contributed by atoms with E-state index in [9.17, 15) is 0 Å². The van der Waals surface area contributed by atoms with Gasteiger partial charge >= 0.3 is 0 Å². The van der Waals surface area contributed by atoms with Gasteiger partial charge in [-0.2, -0.15) is 15.0 Å². The molecule has 2 aliphatic rings. The normalized spacial score (nSPS) is 19.7. The summed E-state index contributed by atoms with van der Waals surface area (Å²) in [5, 5.41) is 14.3. The zero-order valence-corrected chi connectivity index (χ0v) is 23.2. The van der Waals surface area contributed by atoms with E-state index in [1.54, 1.807) is 7.11 Å². The van der Waals surface area contributed by atoms with Crippen molar-refractivity contribution in [2.75, 3.05) is 36.1 Å². The highest BCUT2D eigenvalue weighted by Crippen LogP contribution is 2.23. The van der Waals surface area contributed by atoms with Crippen molar-refractivity contribution < 1.29 is 4.74 Å². The Morgan fingerprint density at radius 1 is 1.03 bits per heavy atom. The Kier molecular flexibility index (Phi) is 10.1. The number of anilines is 3. The SMILES string of the molecule is CCC(Nc1nc(NCCc2ccc(OC)c(I)c2)nc(NC2CCCCCC2)n1)C1CCCN1. The molecule has 0 radical (unpaired) electrons. The van der Waals surface area contributed by atoms with Crippen molar-refractivity contribution in [1.29, 1.82) is 0 Å². The van der Waals surface area contributed by atoms with Crippen molar-refractivity contribution >= 4 is 40.4 Å². The maximum atomic E-state index is 5.38. The van der Waals surface area contributed by atoms with E-state index in [0.717, 1.165) is 35.3 Å². The summed E-state index contributed by atoms with van der Waals surface area (Å²) < 4.78 is 6.50. The van der Waals surface area contributed by atoms with Crippen LogP contribution in [0.5, 0.6) is 5.75 Å². The third kappa shape index (κ3) is 7.80. The van der Waals surface area contributed by atoms with E-state index >= 15 is 0 Å². The topological polar surface area (TPSA) is 96.0 Å². The van der Waals surface area contributed by atoms with Crippen LogP contribution in [0.25, 0.3) is 0 Å².